The van der Waals surface area contributed by atoms with E-state index >= 15 is 0 Å². The lowest BCUT2D eigenvalue weighted by atomic mass is 9.88. The van der Waals surface area contributed by atoms with Crippen molar-refractivity contribution in [2.24, 2.45) is 0 Å². The number of sulfonamides is 1. The highest BCUT2D eigenvalue weighted by atomic mass is 32.2. The van der Waals surface area contributed by atoms with Gasteiger partial charge in [0.25, 0.3) is 0 Å². The predicted molar refractivity (Wildman–Crippen MR) is 114 cm³/mol. The molecule has 3 N–H and O–H groups in total. The van der Waals surface area contributed by atoms with Gasteiger partial charge in [-0.1, -0.05) is 24.3 Å². The third kappa shape index (κ3) is 4.14. The van der Waals surface area contributed by atoms with Gasteiger partial charge in [-0.25, -0.2) is 22.5 Å². The monoisotopic (exact) mass is 432 g/mol. The molecule has 0 saturated heterocycles. The zero-order valence-electron chi connectivity index (χ0n) is 17.3. The number of nitrogens with one attached hydrogen (secondary N) is 1. The molecule has 160 valence electrons. The number of anilines is 1. The van der Waals surface area contributed by atoms with Crippen LogP contribution < -0.4 is 10.5 Å². The largest absolute Gasteiger partial charge is 0.382 e. The minimum atomic E-state index is -4.00. The van der Waals surface area contributed by atoms with Crippen LogP contribution in [0, 0.1) is 5.82 Å². The van der Waals surface area contributed by atoms with Crippen molar-refractivity contribution in [1.82, 2.24) is 14.7 Å². The maximum atomic E-state index is 15.0. The average Bonchev–Trinajstić information content (AvgIpc) is 2.66. The molecule has 0 radical (unpaired) electrons. The maximum absolute atomic E-state index is 15.0. The van der Waals surface area contributed by atoms with E-state index in [0.717, 1.165) is 0 Å². The van der Waals surface area contributed by atoms with Crippen LogP contribution in [-0.2, 0) is 14.8 Å². The molecule has 0 saturated carbocycles. The van der Waals surface area contributed by atoms with Gasteiger partial charge in [0, 0.05) is 18.2 Å². The molecule has 7 nitrogen and oxygen atoms in total. The van der Waals surface area contributed by atoms with Crippen molar-refractivity contribution in [2.45, 2.75) is 37.2 Å². The number of nitrogens with two attached hydrogens (primary N) is 1. The lowest BCUT2D eigenvalue weighted by Gasteiger charge is -2.39. The van der Waals surface area contributed by atoms with Crippen molar-refractivity contribution in [1.29, 1.82) is 0 Å². The Morgan fingerprint density at radius 1 is 1.20 bits per heavy atom. The Morgan fingerprint density at radius 3 is 2.50 bits per heavy atom. The molecule has 2 aromatic rings. The van der Waals surface area contributed by atoms with Gasteiger partial charge in [-0.15, -0.1) is 0 Å². The Bertz CT molecular complexity index is 1090. The summed E-state index contributed by atoms with van der Waals surface area (Å²) < 4.78 is 49.8. The zero-order chi connectivity index (χ0) is 22.2. The molecule has 1 aromatic carbocycles. The number of hydrogen-bond acceptors (Lipinski definition) is 6. The molecular weight excluding hydrogens is 407 g/mol. The van der Waals surface area contributed by atoms with Gasteiger partial charge in [0.05, 0.1) is 24.0 Å². The van der Waals surface area contributed by atoms with Crippen molar-refractivity contribution >= 4 is 15.8 Å². The number of methoxy groups -OCH3 is 1. The number of nitrogen functional groups attached to an aromatic ring is 1. The topological polar surface area (TPSA) is 107 Å². The van der Waals surface area contributed by atoms with Crippen molar-refractivity contribution < 1.29 is 17.5 Å². The smallest absolute Gasteiger partial charge is 0.246 e. The van der Waals surface area contributed by atoms with E-state index in [-0.39, 0.29) is 11.4 Å². The van der Waals surface area contributed by atoms with E-state index in [2.05, 4.69) is 14.7 Å². The molecule has 0 spiro atoms. The van der Waals surface area contributed by atoms with E-state index in [1.54, 1.807) is 51.1 Å². The SMILES string of the molecule is COC1(S(=O)(=O)NC(C)(C)C)C=CC=CC1c1ccc(-c2cnc(N)cn2)c(F)c1. The van der Waals surface area contributed by atoms with E-state index in [9.17, 15) is 12.8 Å². The van der Waals surface area contributed by atoms with Crippen LogP contribution >= 0.6 is 0 Å². The van der Waals surface area contributed by atoms with Crippen molar-refractivity contribution in [3.05, 3.63) is 66.3 Å². The summed E-state index contributed by atoms with van der Waals surface area (Å²) in [6, 6.07) is 4.49. The lowest BCUT2D eigenvalue weighted by Crippen LogP contribution is -2.55. The second-order valence-corrected chi connectivity index (χ2v) is 9.92. The van der Waals surface area contributed by atoms with Gasteiger partial charge >= 0.3 is 0 Å². The first-order valence-electron chi connectivity index (χ1n) is 9.31. The van der Waals surface area contributed by atoms with Crippen molar-refractivity contribution in [3.63, 3.8) is 0 Å². The summed E-state index contributed by atoms with van der Waals surface area (Å²) in [6.07, 6.45) is 9.21. The van der Waals surface area contributed by atoms with Gasteiger partial charge in [0.1, 0.15) is 11.6 Å². The van der Waals surface area contributed by atoms with Gasteiger partial charge in [-0.05, 0) is 44.5 Å². The number of aromatic nitrogens is 2. The molecule has 1 aliphatic rings. The third-order valence-electron chi connectivity index (χ3n) is 4.66. The van der Waals surface area contributed by atoms with Gasteiger partial charge in [0.2, 0.25) is 15.0 Å². The quantitative estimate of drug-likeness (QED) is 0.752. The Morgan fingerprint density at radius 2 is 1.93 bits per heavy atom. The lowest BCUT2D eigenvalue weighted by molar-refractivity contribution is 0.0860. The maximum Gasteiger partial charge on any atom is 0.246 e. The zero-order valence-corrected chi connectivity index (χ0v) is 18.1. The second kappa shape index (κ2) is 7.90. The molecular formula is C21H25FN4O3S. The minimum Gasteiger partial charge on any atom is -0.382 e. The molecule has 2 atom stereocenters. The third-order valence-corrected chi connectivity index (χ3v) is 6.93. The van der Waals surface area contributed by atoms with Crippen LogP contribution in [0.3, 0.4) is 0 Å². The highest BCUT2D eigenvalue weighted by molar-refractivity contribution is 7.91. The standard InChI is InChI=1S/C21H25FN4O3S/c1-20(2,3)26-30(27,28)21(29-4)10-6-5-7-16(21)14-8-9-15(17(22)11-14)18-12-25-19(23)13-24-18/h5-13,16,26H,1-4H3,(H2,23,25). The summed E-state index contributed by atoms with van der Waals surface area (Å²) in [6.45, 7) is 5.23. The van der Waals surface area contributed by atoms with E-state index in [4.69, 9.17) is 10.5 Å². The van der Waals surface area contributed by atoms with Crippen LogP contribution in [0.1, 0.15) is 32.3 Å². The second-order valence-electron chi connectivity index (χ2n) is 8.07. The van der Waals surface area contributed by atoms with Gasteiger partial charge in [-0.3, -0.25) is 4.98 Å². The molecule has 30 heavy (non-hydrogen) atoms. The normalized spacial score (nSPS) is 21.7. The molecule has 0 aliphatic heterocycles. The number of halogens is 1. The van der Waals surface area contributed by atoms with Crippen LogP contribution in [0.5, 0.6) is 0 Å². The van der Waals surface area contributed by atoms with E-state index in [0.29, 0.717) is 11.3 Å². The van der Waals surface area contributed by atoms with E-state index < -0.39 is 32.2 Å². The number of ether oxygens (including phenoxy) is 1. The summed E-state index contributed by atoms with van der Waals surface area (Å²) in [5.74, 6) is -1.09. The van der Waals surface area contributed by atoms with Crippen LogP contribution in [0.15, 0.2) is 54.9 Å². The summed E-state index contributed by atoms with van der Waals surface area (Å²) in [5, 5.41) is 0. The van der Waals surface area contributed by atoms with E-state index in [1.165, 1.54) is 31.6 Å². The molecule has 3 rings (SSSR count). The first-order valence-corrected chi connectivity index (χ1v) is 10.8. The first-order chi connectivity index (χ1) is 14.0. The highest BCUT2D eigenvalue weighted by Crippen LogP contribution is 2.41. The average molecular weight is 433 g/mol. The van der Waals surface area contributed by atoms with Crippen LogP contribution in [0.2, 0.25) is 0 Å². The Kier molecular flexibility index (Phi) is 5.81. The molecule has 0 fully saturated rings. The molecule has 0 bridgehead atoms. The highest BCUT2D eigenvalue weighted by Gasteiger charge is 2.50. The molecule has 1 aromatic heterocycles. The van der Waals surface area contributed by atoms with Gasteiger partial charge in [-0.2, -0.15) is 0 Å². The van der Waals surface area contributed by atoms with Crippen LogP contribution in [0.4, 0.5) is 10.2 Å². The Hall–Kier alpha value is -2.62. The first kappa shape index (κ1) is 22.1. The van der Waals surface area contributed by atoms with Crippen LogP contribution in [-0.4, -0.2) is 36.0 Å². The fraction of sp³-hybridized carbons (Fsp3) is 0.333. The predicted octanol–water partition coefficient (Wildman–Crippen LogP) is 3.14. The molecule has 9 heteroatoms. The number of benzene rings is 1. The van der Waals surface area contributed by atoms with Gasteiger partial charge < -0.3 is 10.5 Å². The number of nitrogens with zero attached hydrogens (tertiary/aromatic N) is 2. The fourth-order valence-electron chi connectivity index (χ4n) is 3.40. The van der Waals surface area contributed by atoms with Gasteiger partial charge in [0.15, 0.2) is 0 Å². The summed E-state index contributed by atoms with van der Waals surface area (Å²) in [4.78, 5) is 6.29. The number of allylic oxidation sites excluding steroid dienone is 2. The Balaban J connectivity index is 2.06. The fourth-order valence-corrected chi connectivity index (χ4v) is 5.39. The number of rotatable bonds is 5. The summed E-state index contributed by atoms with van der Waals surface area (Å²) in [5.41, 5.74) is 5.83. The molecule has 0 amide bonds. The van der Waals surface area contributed by atoms with E-state index in [1.807, 2.05) is 0 Å². The minimum absolute atomic E-state index is 0.233. The summed E-state index contributed by atoms with van der Waals surface area (Å²) in [7, 11) is -2.67. The molecule has 1 heterocycles. The van der Waals surface area contributed by atoms with Crippen molar-refractivity contribution in [2.75, 3.05) is 12.8 Å². The molecule has 2 unspecified atom stereocenters. The molecule has 1 aliphatic carbocycles. The van der Waals surface area contributed by atoms with Crippen LogP contribution in [0.25, 0.3) is 11.3 Å². The van der Waals surface area contributed by atoms with Crippen molar-refractivity contribution in [3.8, 4) is 11.3 Å². The summed E-state index contributed by atoms with van der Waals surface area (Å²) >= 11 is 0. The Labute approximate surface area is 175 Å². The number of hydrogen-bond donors (Lipinski definition) is 2.